The lowest BCUT2D eigenvalue weighted by atomic mass is 10.1. The van der Waals surface area contributed by atoms with Crippen LogP contribution in [-0.4, -0.2) is 4.98 Å². The maximum atomic E-state index is 4.72. The largest absolute Gasteiger partial charge is 0.237 e. The molecule has 0 aliphatic carbocycles. The fourth-order valence-corrected chi connectivity index (χ4v) is 3.77. The molecule has 132 valence electrons. The van der Waals surface area contributed by atoms with Gasteiger partial charge in [0.05, 0.1) is 10.2 Å². The molecule has 1 heterocycles. The van der Waals surface area contributed by atoms with E-state index in [0.29, 0.717) is 0 Å². The first-order valence-corrected chi connectivity index (χ1v) is 9.87. The topological polar surface area (TPSA) is 12.9 Å². The number of benzene rings is 3. The summed E-state index contributed by atoms with van der Waals surface area (Å²) >= 11 is 1.73. The molecular weight excluding hydrogens is 346 g/mol. The Bertz CT molecular complexity index is 1060. The van der Waals surface area contributed by atoms with Crippen molar-refractivity contribution in [1.82, 2.24) is 4.98 Å². The van der Waals surface area contributed by atoms with Crippen LogP contribution in [0.15, 0.2) is 66.7 Å². The van der Waals surface area contributed by atoms with Crippen molar-refractivity contribution >= 4 is 45.9 Å². The molecule has 0 unspecified atom stereocenters. The third kappa shape index (κ3) is 4.42. The van der Waals surface area contributed by atoms with Gasteiger partial charge in [-0.2, -0.15) is 0 Å². The van der Waals surface area contributed by atoms with Crippen LogP contribution in [-0.2, 0) is 0 Å². The summed E-state index contributed by atoms with van der Waals surface area (Å²) in [6.45, 7) is 4.21. The van der Waals surface area contributed by atoms with Crippen molar-refractivity contribution in [2.45, 2.75) is 13.8 Å². The maximum Gasteiger partial charge on any atom is 0.117 e. The van der Waals surface area contributed by atoms with Crippen molar-refractivity contribution in [2.75, 3.05) is 0 Å². The Kier molecular flexibility index (Phi) is 4.99. The first-order chi connectivity index (χ1) is 13.2. The third-order valence-electron chi connectivity index (χ3n) is 4.47. The van der Waals surface area contributed by atoms with E-state index in [9.17, 15) is 0 Å². The van der Waals surface area contributed by atoms with Crippen LogP contribution in [0, 0.1) is 13.8 Å². The molecule has 2 heteroatoms. The van der Waals surface area contributed by atoms with Crippen LogP contribution in [0.25, 0.3) is 34.5 Å². The summed E-state index contributed by atoms with van der Waals surface area (Å²) in [4.78, 5) is 4.72. The van der Waals surface area contributed by atoms with E-state index in [0.717, 1.165) is 10.5 Å². The molecule has 0 radical (unpaired) electrons. The molecule has 0 aliphatic heterocycles. The van der Waals surface area contributed by atoms with Gasteiger partial charge in [-0.1, -0.05) is 84.0 Å². The number of hydrogen-bond donors (Lipinski definition) is 0. The summed E-state index contributed by atoms with van der Waals surface area (Å²) in [5, 5.41) is 1.03. The predicted molar refractivity (Wildman–Crippen MR) is 120 cm³/mol. The van der Waals surface area contributed by atoms with Crippen LogP contribution in [0.4, 0.5) is 0 Å². The monoisotopic (exact) mass is 367 g/mol. The molecule has 4 aromatic rings. The van der Waals surface area contributed by atoms with E-state index in [1.807, 2.05) is 0 Å². The number of fused-ring (bicyclic) bond motifs is 1. The van der Waals surface area contributed by atoms with Crippen LogP contribution in [0.5, 0.6) is 0 Å². The van der Waals surface area contributed by atoms with Crippen molar-refractivity contribution in [2.24, 2.45) is 0 Å². The van der Waals surface area contributed by atoms with Gasteiger partial charge in [-0.05, 0) is 48.7 Å². The van der Waals surface area contributed by atoms with Crippen molar-refractivity contribution < 1.29 is 0 Å². The molecule has 1 nitrogen and oxygen atoms in total. The second kappa shape index (κ2) is 7.73. The zero-order valence-electron chi connectivity index (χ0n) is 15.5. The van der Waals surface area contributed by atoms with Gasteiger partial charge in [0.1, 0.15) is 5.01 Å². The minimum absolute atomic E-state index is 1.03. The highest BCUT2D eigenvalue weighted by atomic mass is 32.1. The minimum atomic E-state index is 1.03. The van der Waals surface area contributed by atoms with Crippen LogP contribution < -0.4 is 0 Å². The van der Waals surface area contributed by atoms with Gasteiger partial charge in [0.25, 0.3) is 0 Å². The molecule has 0 bridgehead atoms. The second-order valence-corrected chi connectivity index (χ2v) is 7.83. The van der Waals surface area contributed by atoms with E-state index >= 15 is 0 Å². The Hall–Kier alpha value is -2.97. The van der Waals surface area contributed by atoms with Gasteiger partial charge in [0.2, 0.25) is 0 Å². The molecule has 0 N–H and O–H groups in total. The zero-order chi connectivity index (χ0) is 18.6. The van der Waals surface area contributed by atoms with Gasteiger partial charge in [0.15, 0.2) is 0 Å². The van der Waals surface area contributed by atoms with Gasteiger partial charge in [-0.15, -0.1) is 11.3 Å². The first kappa shape index (κ1) is 17.4. The molecule has 1 aromatic heterocycles. The molecule has 27 heavy (non-hydrogen) atoms. The molecule has 4 rings (SSSR count). The highest BCUT2D eigenvalue weighted by Gasteiger charge is 2.02. The smallest absolute Gasteiger partial charge is 0.117 e. The molecule has 0 atom stereocenters. The Morgan fingerprint density at radius 2 is 1.15 bits per heavy atom. The van der Waals surface area contributed by atoms with Crippen LogP contribution in [0.3, 0.4) is 0 Å². The highest BCUT2D eigenvalue weighted by Crippen LogP contribution is 2.25. The van der Waals surface area contributed by atoms with Crippen LogP contribution in [0.2, 0.25) is 0 Å². The van der Waals surface area contributed by atoms with Gasteiger partial charge < -0.3 is 0 Å². The van der Waals surface area contributed by atoms with Crippen molar-refractivity contribution in [1.29, 1.82) is 0 Å². The normalized spacial score (nSPS) is 11.8. The molecule has 0 saturated carbocycles. The zero-order valence-corrected chi connectivity index (χ0v) is 16.3. The standard InChI is InChI=1S/C25H21NS/c1-18-3-7-20(8-4-18)11-12-22-13-15-23-24(17-22)27-25(26-23)16-14-21-9-5-19(2)6-10-21/h3-17H,1-2H3/b12-11+,16-14+. The molecule has 0 fully saturated rings. The molecular formula is C25H21NS. The van der Waals surface area contributed by atoms with Gasteiger partial charge in [0, 0.05) is 0 Å². The van der Waals surface area contributed by atoms with Crippen LogP contribution in [0.1, 0.15) is 32.8 Å². The third-order valence-corrected chi connectivity index (χ3v) is 5.45. The van der Waals surface area contributed by atoms with E-state index in [1.165, 1.54) is 32.5 Å². The van der Waals surface area contributed by atoms with Crippen molar-refractivity contribution in [3.8, 4) is 0 Å². The number of rotatable bonds is 4. The van der Waals surface area contributed by atoms with Crippen molar-refractivity contribution in [3.63, 3.8) is 0 Å². The van der Waals surface area contributed by atoms with Gasteiger partial charge >= 0.3 is 0 Å². The molecule has 0 aliphatic rings. The number of thiazole rings is 1. The Morgan fingerprint density at radius 1 is 0.630 bits per heavy atom. The van der Waals surface area contributed by atoms with Crippen LogP contribution >= 0.6 is 11.3 Å². The predicted octanol–water partition coefficient (Wildman–Crippen LogP) is 7.25. The molecule has 0 amide bonds. The van der Waals surface area contributed by atoms with E-state index in [2.05, 4.69) is 105 Å². The molecule has 0 saturated heterocycles. The summed E-state index contributed by atoms with van der Waals surface area (Å²) < 4.78 is 1.21. The van der Waals surface area contributed by atoms with E-state index < -0.39 is 0 Å². The maximum absolute atomic E-state index is 4.72. The lowest BCUT2D eigenvalue weighted by molar-refractivity contribution is 1.45. The molecule has 0 spiro atoms. The van der Waals surface area contributed by atoms with E-state index in [-0.39, 0.29) is 0 Å². The minimum Gasteiger partial charge on any atom is -0.237 e. The average Bonchev–Trinajstić information content (AvgIpc) is 3.09. The molecule has 3 aromatic carbocycles. The number of aromatic nitrogens is 1. The Labute approximate surface area is 164 Å². The van der Waals surface area contributed by atoms with Crippen molar-refractivity contribution in [3.05, 3.63) is 99.6 Å². The summed E-state index contributed by atoms with van der Waals surface area (Å²) in [6.07, 6.45) is 8.53. The number of hydrogen-bond acceptors (Lipinski definition) is 2. The van der Waals surface area contributed by atoms with Gasteiger partial charge in [-0.25, -0.2) is 4.98 Å². The summed E-state index contributed by atoms with van der Waals surface area (Å²) in [5.41, 5.74) is 7.22. The quantitative estimate of drug-likeness (QED) is 0.346. The first-order valence-electron chi connectivity index (χ1n) is 9.06. The summed E-state index contributed by atoms with van der Waals surface area (Å²) in [6, 6.07) is 23.5. The Balaban J connectivity index is 1.54. The number of aryl methyl sites for hydroxylation is 2. The lowest BCUT2D eigenvalue weighted by Crippen LogP contribution is -1.75. The number of nitrogens with zero attached hydrogens (tertiary/aromatic N) is 1. The average molecular weight is 368 g/mol. The summed E-state index contributed by atoms with van der Waals surface area (Å²) in [5.74, 6) is 0. The van der Waals surface area contributed by atoms with Gasteiger partial charge in [-0.3, -0.25) is 0 Å². The van der Waals surface area contributed by atoms with E-state index in [4.69, 9.17) is 4.98 Å². The summed E-state index contributed by atoms with van der Waals surface area (Å²) in [7, 11) is 0. The highest BCUT2D eigenvalue weighted by molar-refractivity contribution is 7.19. The van der Waals surface area contributed by atoms with E-state index in [1.54, 1.807) is 11.3 Å². The lowest BCUT2D eigenvalue weighted by Gasteiger charge is -1.96. The fraction of sp³-hybridized carbons (Fsp3) is 0.0800. The second-order valence-electron chi connectivity index (χ2n) is 6.77. The Morgan fingerprint density at radius 3 is 1.78 bits per heavy atom. The fourth-order valence-electron chi connectivity index (χ4n) is 2.85. The SMILES string of the molecule is Cc1ccc(/C=C/c2ccc3nc(/C=C/c4ccc(C)cc4)sc3c2)cc1.